The van der Waals surface area contributed by atoms with Crippen LogP contribution in [0.15, 0.2) is 59.4 Å². The fourth-order valence-electron chi connectivity index (χ4n) is 4.58. The molecular formula is C27H31O3P. The maximum atomic E-state index is 14.8. The van der Waals surface area contributed by atoms with E-state index in [9.17, 15) is 14.2 Å². The summed E-state index contributed by atoms with van der Waals surface area (Å²) in [7, 11) is -4.13. The third-order valence-corrected chi connectivity index (χ3v) is 8.95. The van der Waals surface area contributed by atoms with Crippen LogP contribution in [0.4, 0.5) is 0 Å². The number of rotatable bonds is 5. The lowest BCUT2D eigenvalue weighted by atomic mass is 9.82. The Morgan fingerprint density at radius 2 is 1.16 bits per heavy atom. The first-order valence-electron chi connectivity index (χ1n) is 10.6. The van der Waals surface area contributed by atoms with Gasteiger partial charge in [0, 0.05) is 16.4 Å². The molecular weight excluding hydrogens is 403 g/mol. The molecule has 3 rings (SSSR count). The minimum Gasteiger partial charge on any atom is -0.302 e. The second-order valence-corrected chi connectivity index (χ2v) is 11.9. The molecule has 0 amide bonds. The molecule has 0 N–H and O–H groups in total. The first-order valence-corrected chi connectivity index (χ1v) is 12.3. The lowest BCUT2D eigenvalue weighted by Crippen LogP contribution is -2.19. The van der Waals surface area contributed by atoms with E-state index >= 15 is 0 Å². The van der Waals surface area contributed by atoms with Gasteiger partial charge in [-0.3, -0.25) is 9.59 Å². The smallest absolute Gasteiger partial charge is 0.248 e. The average molecular weight is 435 g/mol. The van der Waals surface area contributed by atoms with Crippen LogP contribution in [-0.4, -0.2) is 11.0 Å². The van der Waals surface area contributed by atoms with Gasteiger partial charge in [0.25, 0.3) is 0 Å². The Kier molecular flexibility index (Phi) is 6.13. The van der Waals surface area contributed by atoms with Gasteiger partial charge in [-0.25, -0.2) is 0 Å². The van der Waals surface area contributed by atoms with Gasteiger partial charge in [0.15, 0.2) is 0 Å². The Labute approximate surface area is 185 Å². The maximum absolute atomic E-state index is 14.8. The molecule has 31 heavy (non-hydrogen) atoms. The molecule has 0 saturated carbocycles. The van der Waals surface area contributed by atoms with Crippen molar-refractivity contribution in [3.8, 4) is 0 Å². The van der Waals surface area contributed by atoms with Crippen LogP contribution in [0, 0.1) is 33.1 Å². The summed E-state index contributed by atoms with van der Waals surface area (Å²) in [6.07, 6.45) is 4.39. The molecule has 0 unspecified atom stereocenters. The zero-order valence-electron chi connectivity index (χ0n) is 19.5. The first kappa shape index (κ1) is 23.2. The van der Waals surface area contributed by atoms with Crippen LogP contribution in [0.1, 0.15) is 70.2 Å². The van der Waals surface area contributed by atoms with Crippen LogP contribution in [-0.2, 0) is 4.57 Å². The summed E-state index contributed by atoms with van der Waals surface area (Å²) in [5.74, 6) is 0. The van der Waals surface area contributed by atoms with E-state index in [4.69, 9.17) is 0 Å². The van der Waals surface area contributed by atoms with Crippen molar-refractivity contribution >= 4 is 18.2 Å². The first-order chi connectivity index (χ1) is 14.4. The zero-order chi connectivity index (χ0) is 23.1. The largest absolute Gasteiger partial charge is 0.302 e. The van der Waals surface area contributed by atoms with Crippen LogP contribution < -0.4 is 0 Å². The summed E-state index contributed by atoms with van der Waals surface area (Å²) in [4.78, 5) is 28.0. The molecule has 2 aromatic carbocycles. The highest BCUT2D eigenvalue weighted by molar-refractivity contribution is 7.98. The van der Waals surface area contributed by atoms with E-state index in [0.717, 1.165) is 27.8 Å². The van der Waals surface area contributed by atoms with Crippen LogP contribution in [0.5, 0.6) is 0 Å². The Morgan fingerprint density at radius 3 is 1.52 bits per heavy atom. The van der Waals surface area contributed by atoms with Gasteiger partial charge < -0.3 is 4.57 Å². The van der Waals surface area contributed by atoms with Crippen molar-refractivity contribution in [2.24, 2.45) is 5.41 Å². The van der Waals surface area contributed by atoms with Gasteiger partial charge >= 0.3 is 0 Å². The number of hydrogen-bond acceptors (Lipinski definition) is 3. The van der Waals surface area contributed by atoms with Gasteiger partial charge in [0.2, 0.25) is 18.2 Å². The van der Waals surface area contributed by atoms with E-state index in [1.807, 2.05) is 77.1 Å². The molecule has 0 fully saturated rings. The van der Waals surface area contributed by atoms with Crippen molar-refractivity contribution in [3.63, 3.8) is 0 Å². The van der Waals surface area contributed by atoms with Crippen molar-refractivity contribution in [1.29, 1.82) is 0 Å². The topological polar surface area (TPSA) is 51.2 Å². The van der Waals surface area contributed by atoms with E-state index in [1.165, 1.54) is 0 Å². The standard InChI is InChI=1S/C27H31O3P/c1-17-10-8-11-18(2)23(17)25(28)31(30,22-14-15-27(6,7)16-21(22)5)26(29)24-19(3)12-9-13-20(24)4/h8-15H,16H2,1-7H3. The van der Waals surface area contributed by atoms with E-state index in [1.54, 1.807) is 6.08 Å². The number of benzene rings is 2. The second kappa shape index (κ2) is 8.20. The molecule has 0 aromatic heterocycles. The maximum Gasteiger partial charge on any atom is 0.248 e. The van der Waals surface area contributed by atoms with E-state index in [2.05, 4.69) is 13.8 Å². The minimum absolute atomic E-state index is 0.109. The van der Waals surface area contributed by atoms with E-state index in [-0.39, 0.29) is 5.41 Å². The third kappa shape index (κ3) is 4.04. The van der Waals surface area contributed by atoms with Crippen molar-refractivity contribution in [2.45, 2.75) is 54.9 Å². The lowest BCUT2D eigenvalue weighted by Gasteiger charge is -2.30. The van der Waals surface area contributed by atoms with Gasteiger partial charge in [-0.2, -0.15) is 0 Å². The van der Waals surface area contributed by atoms with Gasteiger partial charge in [-0.15, -0.1) is 0 Å². The molecule has 1 aliphatic rings. The Bertz CT molecular complexity index is 1090. The molecule has 3 nitrogen and oxygen atoms in total. The summed E-state index contributed by atoms with van der Waals surface area (Å²) in [5.41, 5.74) is 3.33. The normalized spacial score (nSPS) is 15.8. The Hall–Kier alpha value is -2.51. The quantitative estimate of drug-likeness (QED) is 0.457. The highest BCUT2D eigenvalue weighted by atomic mass is 31.2. The number of carbonyl (C=O) groups excluding carboxylic acids is 2. The predicted octanol–water partition coefficient (Wildman–Crippen LogP) is 7.52. The zero-order valence-corrected chi connectivity index (χ0v) is 20.4. The highest BCUT2D eigenvalue weighted by Crippen LogP contribution is 2.63. The number of allylic oxidation sites excluding steroid dienone is 4. The molecule has 1 aliphatic carbocycles. The summed E-state index contributed by atoms with van der Waals surface area (Å²) >= 11 is 0. The molecule has 162 valence electrons. The molecule has 0 aliphatic heterocycles. The molecule has 0 heterocycles. The van der Waals surface area contributed by atoms with Crippen molar-refractivity contribution in [3.05, 3.63) is 92.8 Å². The molecule has 0 spiro atoms. The average Bonchev–Trinajstić information content (AvgIpc) is 2.66. The second-order valence-electron chi connectivity index (χ2n) is 9.42. The summed E-state index contributed by atoms with van der Waals surface area (Å²) in [6.45, 7) is 13.4. The van der Waals surface area contributed by atoms with Crippen molar-refractivity contribution < 1.29 is 14.2 Å². The van der Waals surface area contributed by atoms with Gasteiger partial charge in [-0.1, -0.05) is 68.0 Å². The van der Waals surface area contributed by atoms with Crippen LogP contribution in [0.25, 0.3) is 0 Å². The van der Waals surface area contributed by atoms with Crippen LogP contribution >= 0.6 is 7.14 Å². The number of hydrogen-bond donors (Lipinski definition) is 0. The summed E-state index contributed by atoms with van der Waals surface area (Å²) < 4.78 is 14.8. The van der Waals surface area contributed by atoms with Crippen molar-refractivity contribution in [1.82, 2.24) is 0 Å². The van der Waals surface area contributed by atoms with Crippen molar-refractivity contribution in [2.75, 3.05) is 0 Å². The fourth-order valence-corrected chi connectivity index (χ4v) is 7.44. The number of aryl methyl sites for hydroxylation is 4. The van der Waals surface area contributed by atoms with E-state index in [0.29, 0.717) is 22.9 Å². The summed E-state index contributed by atoms with van der Waals surface area (Å²) in [5, 5.41) is 0.395. The monoisotopic (exact) mass is 434 g/mol. The third-order valence-electron chi connectivity index (χ3n) is 6.15. The predicted molar refractivity (Wildman–Crippen MR) is 128 cm³/mol. The van der Waals surface area contributed by atoms with Crippen LogP contribution in [0.2, 0.25) is 0 Å². The van der Waals surface area contributed by atoms with Gasteiger partial charge in [-0.05, 0) is 68.7 Å². The fraction of sp³-hybridized carbons (Fsp3) is 0.333. The molecule has 0 bridgehead atoms. The molecule has 0 saturated heterocycles. The highest BCUT2D eigenvalue weighted by Gasteiger charge is 2.47. The Morgan fingerprint density at radius 1 is 0.774 bits per heavy atom. The summed E-state index contributed by atoms with van der Waals surface area (Å²) in [6, 6.07) is 11.1. The molecule has 0 atom stereocenters. The van der Waals surface area contributed by atoms with Crippen LogP contribution in [0.3, 0.4) is 0 Å². The SMILES string of the molecule is CC1=C(P(=O)(C(=O)c2c(C)cccc2C)C(=O)c2c(C)cccc2C)C=CC(C)(C)C1. The minimum atomic E-state index is -4.13. The van der Waals surface area contributed by atoms with E-state index < -0.39 is 18.2 Å². The molecule has 0 radical (unpaired) electrons. The van der Waals surface area contributed by atoms with Gasteiger partial charge in [0.05, 0.1) is 0 Å². The van der Waals surface area contributed by atoms with Gasteiger partial charge in [0.1, 0.15) is 0 Å². The Balaban J connectivity index is 2.33. The number of carbonyl (C=O) groups is 2. The molecule has 4 heteroatoms. The molecule has 2 aromatic rings. The lowest BCUT2D eigenvalue weighted by molar-refractivity contribution is 0.103.